The molecular weight excluding hydrogens is 85.5 g/mol. The fourth-order valence-corrected chi connectivity index (χ4v) is 0. The van der Waals surface area contributed by atoms with E-state index in [1.54, 1.807) is 13.0 Å². The van der Waals surface area contributed by atoms with Crippen LogP contribution in [0, 0.1) is 0 Å². The molecule has 5 heavy (non-hydrogen) atoms. The van der Waals surface area contributed by atoms with Crippen LogP contribution in [-0.2, 0) is 0 Å². The van der Waals surface area contributed by atoms with Crippen LogP contribution >= 0.6 is 11.6 Å². The summed E-state index contributed by atoms with van der Waals surface area (Å²) in [5.74, 6) is 0. The standard InChI is InChI=1S/C3H6ClN/c1-2-3(4)5/h2H,5H2,1H3/b3-2+. The molecule has 0 aromatic rings. The Hall–Kier alpha value is -0.170. The van der Waals surface area contributed by atoms with Crippen LogP contribution in [-0.4, -0.2) is 0 Å². The van der Waals surface area contributed by atoms with Gasteiger partial charge in [0.25, 0.3) is 0 Å². The van der Waals surface area contributed by atoms with Gasteiger partial charge in [0.1, 0.15) is 0 Å². The average Bonchev–Trinajstić information content (AvgIpc) is 1.38. The lowest BCUT2D eigenvalue weighted by molar-refractivity contribution is 1.49. The molecule has 0 aliphatic heterocycles. The minimum Gasteiger partial charge on any atom is -0.390 e. The van der Waals surface area contributed by atoms with Gasteiger partial charge in [0.2, 0.25) is 0 Å². The van der Waals surface area contributed by atoms with Crippen LogP contribution in [0.5, 0.6) is 0 Å². The molecule has 30 valence electrons. The molecule has 0 atom stereocenters. The molecule has 2 N–H and O–H groups in total. The Kier molecular flexibility index (Phi) is 2.02. The second-order valence-electron chi connectivity index (χ2n) is 0.674. The van der Waals surface area contributed by atoms with E-state index in [0.29, 0.717) is 5.16 Å². The Balaban J connectivity index is 3.14. The van der Waals surface area contributed by atoms with E-state index in [1.165, 1.54) is 0 Å². The Labute approximate surface area is 36.4 Å². The van der Waals surface area contributed by atoms with Gasteiger partial charge < -0.3 is 5.73 Å². The van der Waals surface area contributed by atoms with E-state index in [1.807, 2.05) is 0 Å². The molecule has 0 rings (SSSR count). The topological polar surface area (TPSA) is 26.0 Å². The maximum atomic E-state index is 5.10. The fourth-order valence-electron chi connectivity index (χ4n) is 0. The van der Waals surface area contributed by atoms with E-state index >= 15 is 0 Å². The quantitative estimate of drug-likeness (QED) is 0.443. The first-order valence-electron chi connectivity index (χ1n) is 1.34. The summed E-state index contributed by atoms with van der Waals surface area (Å²) in [5.41, 5.74) is 4.92. The zero-order valence-electron chi connectivity index (χ0n) is 3.03. The minimum atomic E-state index is 0.352. The molecule has 0 spiro atoms. The van der Waals surface area contributed by atoms with Gasteiger partial charge in [-0.25, -0.2) is 0 Å². The molecule has 0 aromatic carbocycles. The lowest BCUT2D eigenvalue weighted by Gasteiger charge is -1.72. The van der Waals surface area contributed by atoms with Crippen molar-refractivity contribution in [3.8, 4) is 0 Å². The lowest BCUT2D eigenvalue weighted by Crippen LogP contribution is -1.82. The summed E-state index contributed by atoms with van der Waals surface area (Å²) in [4.78, 5) is 0. The predicted molar refractivity (Wildman–Crippen MR) is 23.8 cm³/mol. The molecule has 0 bridgehead atoms. The maximum Gasteiger partial charge on any atom is 0.0948 e. The zero-order valence-corrected chi connectivity index (χ0v) is 3.79. The van der Waals surface area contributed by atoms with Crippen LogP contribution in [0.15, 0.2) is 11.2 Å². The van der Waals surface area contributed by atoms with Crippen molar-refractivity contribution in [3.05, 3.63) is 11.2 Å². The molecule has 0 heterocycles. The zero-order chi connectivity index (χ0) is 4.28. The third-order valence-electron chi connectivity index (χ3n) is 0.276. The highest BCUT2D eigenvalue weighted by Gasteiger charge is 1.64. The first-order chi connectivity index (χ1) is 2.27. The van der Waals surface area contributed by atoms with Crippen molar-refractivity contribution in [3.63, 3.8) is 0 Å². The second kappa shape index (κ2) is 2.09. The normalized spacial score (nSPS) is 12.0. The summed E-state index contributed by atoms with van der Waals surface area (Å²) in [6.07, 6.45) is 1.63. The van der Waals surface area contributed by atoms with E-state index in [2.05, 4.69) is 0 Å². The van der Waals surface area contributed by atoms with Crippen molar-refractivity contribution in [2.24, 2.45) is 5.73 Å². The van der Waals surface area contributed by atoms with Gasteiger partial charge in [0, 0.05) is 0 Å². The highest BCUT2D eigenvalue weighted by Crippen LogP contribution is 1.84. The van der Waals surface area contributed by atoms with Crippen LogP contribution in [0.4, 0.5) is 0 Å². The number of allylic oxidation sites excluding steroid dienone is 1. The van der Waals surface area contributed by atoms with Crippen molar-refractivity contribution in [2.75, 3.05) is 0 Å². The van der Waals surface area contributed by atoms with Crippen molar-refractivity contribution in [1.29, 1.82) is 0 Å². The first-order valence-corrected chi connectivity index (χ1v) is 1.72. The summed E-state index contributed by atoms with van der Waals surface area (Å²) < 4.78 is 0. The number of halogens is 1. The molecule has 0 fully saturated rings. The molecule has 0 saturated carbocycles. The van der Waals surface area contributed by atoms with Gasteiger partial charge in [-0.05, 0) is 6.92 Å². The summed E-state index contributed by atoms with van der Waals surface area (Å²) >= 11 is 5.10. The monoisotopic (exact) mass is 91.0 g/mol. The second-order valence-corrected chi connectivity index (χ2v) is 1.11. The molecule has 0 aliphatic carbocycles. The summed E-state index contributed by atoms with van der Waals surface area (Å²) in [6, 6.07) is 0. The molecule has 0 unspecified atom stereocenters. The summed E-state index contributed by atoms with van der Waals surface area (Å²) in [6.45, 7) is 1.78. The predicted octanol–water partition coefficient (Wildman–Crippen LogP) is 1.05. The first kappa shape index (κ1) is 4.83. The SMILES string of the molecule is C/C=C(/N)Cl. The third kappa shape index (κ3) is 3.83. The number of nitrogens with two attached hydrogens (primary N) is 1. The van der Waals surface area contributed by atoms with Gasteiger partial charge in [0.15, 0.2) is 0 Å². The highest BCUT2D eigenvalue weighted by molar-refractivity contribution is 6.28. The van der Waals surface area contributed by atoms with Crippen LogP contribution < -0.4 is 5.73 Å². The number of rotatable bonds is 0. The molecule has 0 aromatic heterocycles. The van der Waals surface area contributed by atoms with Crippen molar-refractivity contribution in [2.45, 2.75) is 6.92 Å². The van der Waals surface area contributed by atoms with Crippen molar-refractivity contribution < 1.29 is 0 Å². The van der Waals surface area contributed by atoms with E-state index < -0.39 is 0 Å². The molecule has 2 heteroatoms. The molecule has 1 nitrogen and oxygen atoms in total. The largest absolute Gasteiger partial charge is 0.390 e. The van der Waals surface area contributed by atoms with Gasteiger partial charge in [-0.2, -0.15) is 0 Å². The van der Waals surface area contributed by atoms with Crippen molar-refractivity contribution in [1.82, 2.24) is 0 Å². The van der Waals surface area contributed by atoms with Gasteiger partial charge in [-0.3, -0.25) is 0 Å². The van der Waals surface area contributed by atoms with Gasteiger partial charge in [-0.15, -0.1) is 0 Å². The lowest BCUT2D eigenvalue weighted by atomic mass is 10.7. The number of hydrogen-bond donors (Lipinski definition) is 1. The van der Waals surface area contributed by atoms with E-state index in [-0.39, 0.29) is 0 Å². The summed E-state index contributed by atoms with van der Waals surface area (Å²) in [7, 11) is 0. The number of hydrogen-bond acceptors (Lipinski definition) is 1. The Morgan fingerprint density at radius 1 is 2.00 bits per heavy atom. The van der Waals surface area contributed by atoms with Gasteiger partial charge in [-0.1, -0.05) is 17.7 Å². The summed E-state index contributed by atoms with van der Waals surface area (Å²) in [5, 5.41) is 0.352. The Morgan fingerprint density at radius 3 is 2.20 bits per heavy atom. The highest BCUT2D eigenvalue weighted by atomic mass is 35.5. The smallest absolute Gasteiger partial charge is 0.0948 e. The van der Waals surface area contributed by atoms with Gasteiger partial charge in [0.05, 0.1) is 5.16 Å². The van der Waals surface area contributed by atoms with Crippen LogP contribution in [0.2, 0.25) is 0 Å². The van der Waals surface area contributed by atoms with Crippen LogP contribution in [0.25, 0.3) is 0 Å². The van der Waals surface area contributed by atoms with E-state index in [9.17, 15) is 0 Å². The molecule has 0 radical (unpaired) electrons. The van der Waals surface area contributed by atoms with E-state index in [4.69, 9.17) is 17.3 Å². The average molecular weight is 91.5 g/mol. The van der Waals surface area contributed by atoms with Crippen molar-refractivity contribution >= 4 is 11.6 Å². The third-order valence-corrected chi connectivity index (χ3v) is 0.494. The van der Waals surface area contributed by atoms with E-state index in [0.717, 1.165) is 0 Å². The van der Waals surface area contributed by atoms with Gasteiger partial charge >= 0.3 is 0 Å². The Morgan fingerprint density at radius 2 is 2.20 bits per heavy atom. The molecule has 0 aliphatic rings. The maximum absolute atomic E-state index is 5.10. The fraction of sp³-hybridized carbons (Fsp3) is 0.333. The minimum absolute atomic E-state index is 0.352. The van der Waals surface area contributed by atoms with Crippen LogP contribution in [0.3, 0.4) is 0 Å². The molecule has 0 amide bonds. The Bertz CT molecular complexity index is 44.9. The van der Waals surface area contributed by atoms with Crippen LogP contribution in [0.1, 0.15) is 6.92 Å². The molecule has 0 saturated heterocycles. The molecular formula is C3H6ClN.